The molecule has 2 aromatic heterocycles. The third-order valence-electron chi connectivity index (χ3n) is 3.83. The summed E-state index contributed by atoms with van der Waals surface area (Å²) in [6, 6.07) is 23.0. The van der Waals surface area contributed by atoms with Gasteiger partial charge in [-0.3, -0.25) is 0 Å². The summed E-state index contributed by atoms with van der Waals surface area (Å²) in [6.07, 6.45) is 0. The Morgan fingerprint density at radius 1 is 0.538 bits per heavy atom. The average molecular weight is 334 g/mol. The summed E-state index contributed by atoms with van der Waals surface area (Å²) in [5.41, 5.74) is 3.41. The van der Waals surface area contributed by atoms with Gasteiger partial charge < -0.3 is 0 Å². The van der Waals surface area contributed by atoms with Crippen LogP contribution >= 0.6 is 0 Å². The standard InChI is InChI=1S/C20H10N6/c21-11-15-16(12-22)24-20-19(23-15)25-17(13-7-3-1-4-8-13)18(26-20)14-9-5-2-6-10-14/h1-10H. The second-order valence-corrected chi connectivity index (χ2v) is 5.44. The van der Waals surface area contributed by atoms with Gasteiger partial charge in [0, 0.05) is 11.1 Å². The van der Waals surface area contributed by atoms with Crippen molar-refractivity contribution in [3.63, 3.8) is 0 Å². The monoisotopic (exact) mass is 334 g/mol. The predicted octanol–water partition coefficient (Wildman–Crippen LogP) is 3.50. The number of nitrogens with zero attached hydrogens (tertiary/aromatic N) is 6. The number of aromatic nitrogens is 4. The van der Waals surface area contributed by atoms with E-state index in [4.69, 9.17) is 0 Å². The third kappa shape index (κ3) is 2.62. The van der Waals surface area contributed by atoms with Crippen molar-refractivity contribution in [2.24, 2.45) is 0 Å². The van der Waals surface area contributed by atoms with Gasteiger partial charge in [0.2, 0.25) is 0 Å². The van der Waals surface area contributed by atoms with Crippen LogP contribution in [0.15, 0.2) is 60.7 Å². The van der Waals surface area contributed by atoms with Crippen molar-refractivity contribution in [3.05, 3.63) is 72.1 Å². The van der Waals surface area contributed by atoms with Gasteiger partial charge in [0.15, 0.2) is 22.7 Å². The highest BCUT2D eigenvalue weighted by molar-refractivity contribution is 5.83. The molecule has 0 spiro atoms. The molecule has 0 saturated carbocycles. The van der Waals surface area contributed by atoms with E-state index in [1.165, 1.54) is 0 Å². The Labute approximate surface area is 149 Å². The molecule has 4 aromatic rings. The Hall–Kier alpha value is -4.16. The summed E-state index contributed by atoms with van der Waals surface area (Å²) in [5.74, 6) is 0. The Morgan fingerprint density at radius 2 is 0.923 bits per heavy atom. The van der Waals surface area contributed by atoms with Crippen molar-refractivity contribution < 1.29 is 0 Å². The van der Waals surface area contributed by atoms with Crippen molar-refractivity contribution in [2.45, 2.75) is 0 Å². The van der Waals surface area contributed by atoms with Gasteiger partial charge in [-0.05, 0) is 0 Å². The lowest BCUT2D eigenvalue weighted by molar-refractivity contribution is 1.12. The van der Waals surface area contributed by atoms with Gasteiger partial charge in [-0.25, -0.2) is 19.9 Å². The molecule has 0 N–H and O–H groups in total. The van der Waals surface area contributed by atoms with Gasteiger partial charge in [-0.2, -0.15) is 10.5 Å². The van der Waals surface area contributed by atoms with Crippen molar-refractivity contribution in [1.29, 1.82) is 10.5 Å². The van der Waals surface area contributed by atoms with E-state index in [-0.39, 0.29) is 22.7 Å². The van der Waals surface area contributed by atoms with E-state index in [1.54, 1.807) is 0 Å². The molecule has 4 rings (SSSR count). The summed E-state index contributed by atoms with van der Waals surface area (Å²) in [4.78, 5) is 17.5. The van der Waals surface area contributed by atoms with E-state index >= 15 is 0 Å². The summed E-state index contributed by atoms with van der Waals surface area (Å²) >= 11 is 0. The van der Waals surface area contributed by atoms with Crippen LogP contribution in [0.25, 0.3) is 33.8 Å². The fourth-order valence-corrected chi connectivity index (χ4v) is 2.64. The highest BCUT2D eigenvalue weighted by Crippen LogP contribution is 2.30. The zero-order valence-electron chi connectivity index (χ0n) is 13.5. The van der Waals surface area contributed by atoms with Crippen molar-refractivity contribution in [2.75, 3.05) is 0 Å². The van der Waals surface area contributed by atoms with Gasteiger partial charge in [-0.15, -0.1) is 0 Å². The molecule has 120 valence electrons. The lowest BCUT2D eigenvalue weighted by Gasteiger charge is -2.10. The van der Waals surface area contributed by atoms with Crippen LogP contribution in [0.4, 0.5) is 0 Å². The lowest BCUT2D eigenvalue weighted by atomic mass is 10.0. The summed E-state index contributed by atoms with van der Waals surface area (Å²) in [6.45, 7) is 0. The molecule has 0 saturated heterocycles. The number of nitriles is 2. The number of rotatable bonds is 2. The molecule has 2 heterocycles. The van der Waals surface area contributed by atoms with E-state index < -0.39 is 0 Å². The van der Waals surface area contributed by atoms with Gasteiger partial charge in [-0.1, -0.05) is 60.7 Å². The van der Waals surface area contributed by atoms with Crippen LogP contribution in [0.2, 0.25) is 0 Å². The smallest absolute Gasteiger partial charge is 0.199 e. The van der Waals surface area contributed by atoms with Gasteiger partial charge >= 0.3 is 0 Å². The minimum Gasteiger partial charge on any atom is -0.223 e. The fraction of sp³-hybridized carbons (Fsp3) is 0. The topological polar surface area (TPSA) is 99.1 Å². The fourth-order valence-electron chi connectivity index (χ4n) is 2.64. The van der Waals surface area contributed by atoms with Crippen LogP contribution in [-0.2, 0) is 0 Å². The number of hydrogen-bond donors (Lipinski definition) is 0. The molecule has 0 amide bonds. The molecule has 26 heavy (non-hydrogen) atoms. The number of fused-ring (bicyclic) bond motifs is 1. The largest absolute Gasteiger partial charge is 0.223 e. The molecule has 0 bridgehead atoms. The molecule has 0 aliphatic heterocycles. The lowest BCUT2D eigenvalue weighted by Crippen LogP contribution is -2.02. The van der Waals surface area contributed by atoms with E-state index in [0.29, 0.717) is 11.4 Å². The average Bonchev–Trinajstić information content (AvgIpc) is 2.73. The van der Waals surface area contributed by atoms with E-state index in [2.05, 4.69) is 19.9 Å². The maximum atomic E-state index is 9.18. The maximum absolute atomic E-state index is 9.18. The van der Waals surface area contributed by atoms with Crippen LogP contribution in [0.3, 0.4) is 0 Å². The molecule has 2 aromatic carbocycles. The second-order valence-electron chi connectivity index (χ2n) is 5.44. The van der Waals surface area contributed by atoms with Crippen molar-refractivity contribution in [1.82, 2.24) is 19.9 Å². The molecule has 0 aliphatic carbocycles. The zero-order valence-corrected chi connectivity index (χ0v) is 13.5. The van der Waals surface area contributed by atoms with Gasteiger partial charge in [0.25, 0.3) is 0 Å². The minimum atomic E-state index is -0.0548. The highest BCUT2D eigenvalue weighted by atomic mass is 15.0. The van der Waals surface area contributed by atoms with Gasteiger partial charge in [0.1, 0.15) is 12.1 Å². The Balaban J connectivity index is 2.07. The molecule has 0 atom stereocenters. The van der Waals surface area contributed by atoms with Crippen LogP contribution in [-0.4, -0.2) is 19.9 Å². The minimum absolute atomic E-state index is 0.0548. The Kier molecular flexibility index (Phi) is 3.78. The maximum Gasteiger partial charge on any atom is 0.199 e. The van der Waals surface area contributed by atoms with Crippen LogP contribution < -0.4 is 0 Å². The first-order valence-corrected chi connectivity index (χ1v) is 7.81. The molecule has 0 aliphatic rings. The van der Waals surface area contributed by atoms with Crippen molar-refractivity contribution >= 4 is 11.3 Å². The number of benzene rings is 2. The summed E-state index contributed by atoms with van der Waals surface area (Å²) < 4.78 is 0. The molecule has 0 radical (unpaired) electrons. The molecule has 6 nitrogen and oxygen atoms in total. The van der Waals surface area contributed by atoms with Crippen molar-refractivity contribution in [3.8, 4) is 34.7 Å². The number of hydrogen-bond acceptors (Lipinski definition) is 6. The molecular formula is C20H10N6. The summed E-state index contributed by atoms with van der Waals surface area (Å²) in [7, 11) is 0. The first-order chi connectivity index (χ1) is 12.8. The summed E-state index contributed by atoms with van der Waals surface area (Å²) in [5, 5.41) is 18.4. The molecule has 0 unspecified atom stereocenters. The quantitative estimate of drug-likeness (QED) is 0.556. The SMILES string of the molecule is N#Cc1nc2nc(-c3ccccc3)c(-c3ccccc3)nc2nc1C#N. The van der Waals surface area contributed by atoms with Gasteiger partial charge in [0.05, 0.1) is 11.4 Å². The highest BCUT2D eigenvalue weighted by Gasteiger charge is 2.16. The van der Waals surface area contributed by atoms with E-state index in [9.17, 15) is 10.5 Å². The van der Waals surface area contributed by atoms with E-state index in [0.717, 1.165) is 11.1 Å². The Morgan fingerprint density at radius 3 is 1.27 bits per heavy atom. The first-order valence-electron chi connectivity index (χ1n) is 7.81. The molecular weight excluding hydrogens is 324 g/mol. The third-order valence-corrected chi connectivity index (χ3v) is 3.83. The van der Waals surface area contributed by atoms with Crippen LogP contribution in [0, 0.1) is 22.7 Å². The first kappa shape index (κ1) is 15.4. The molecule has 6 heteroatoms. The normalized spacial score (nSPS) is 10.2. The Bertz CT molecular complexity index is 1090. The van der Waals surface area contributed by atoms with Crippen LogP contribution in [0.1, 0.15) is 11.4 Å². The zero-order chi connectivity index (χ0) is 17.9. The second kappa shape index (κ2) is 6.39. The predicted molar refractivity (Wildman–Crippen MR) is 95.4 cm³/mol. The van der Waals surface area contributed by atoms with Crippen LogP contribution in [0.5, 0.6) is 0 Å². The molecule has 0 fully saturated rings. The van der Waals surface area contributed by atoms with E-state index in [1.807, 2.05) is 72.8 Å².